The number of hydrogen-bond donors (Lipinski definition) is 1. The normalized spacial score (nSPS) is 12.4. The first-order valence-electron chi connectivity index (χ1n) is 9.42. The van der Waals surface area contributed by atoms with Crippen molar-refractivity contribution in [3.8, 4) is 11.5 Å². The van der Waals surface area contributed by atoms with Gasteiger partial charge in [0.25, 0.3) is 0 Å². The summed E-state index contributed by atoms with van der Waals surface area (Å²) in [6.07, 6.45) is 0.282. The molecule has 2 aromatic carbocycles. The first-order valence-corrected chi connectivity index (χ1v) is 10.3. The van der Waals surface area contributed by atoms with Gasteiger partial charge in [0.05, 0.1) is 12.1 Å². The van der Waals surface area contributed by atoms with Crippen LogP contribution < -0.4 is 14.8 Å². The van der Waals surface area contributed by atoms with Crippen molar-refractivity contribution in [3.63, 3.8) is 0 Å². The van der Waals surface area contributed by atoms with Crippen LogP contribution in [0.2, 0.25) is 0 Å². The first kappa shape index (κ1) is 19.4. The number of nitrogens with zero attached hydrogens (tertiary/aromatic N) is 2. The standard InChI is InChI=1S/C22H23N3O3S/c1-15-3-6-17(7-4-15)23-21(26)10-22-24-18(13-29-22)12-25(2)11-16-5-8-19-20(9-16)28-14-27-19/h3-9,13H,10-12,14H2,1-2H3,(H,23,26). The molecule has 29 heavy (non-hydrogen) atoms. The van der Waals surface area contributed by atoms with Crippen LogP contribution in [0, 0.1) is 6.92 Å². The van der Waals surface area contributed by atoms with E-state index in [1.807, 2.05) is 61.8 Å². The maximum atomic E-state index is 12.3. The molecule has 0 spiro atoms. The molecular formula is C22H23N3O3S. The molecule has 1 aliphatic heterocycles. The lowest BCUT2D eigenvalue weighted by Crippen LogP contribution is -2.18. The highest BCUT2D eigenvalue weighted by Crippen LogP contribution is 2.32. The van der Waals surface area contributed by atoms with Crippen LogP contribution in [0.15, 0.2) is 47.8 Å². The fourth-order valence-corrected chi connectivity index (χ4v) is 3.95. The summed E-state index contributed by atoms with van der Waals surface area (Å²) in [4.78, 5) is 19.1. The van der Waals surface area contributed by atoms with Crippen molar-refractivity contribution >= 4 is 22.9 Å². The summed E-state index contributed by atoms with van der Waals surface area (Å²) in [6, 6.07) is 13.8. The molecule has 4 rings (SSSR count). The van der Waals surface area contributed by atoms with Crippen molar-refractivity contribution in [3.05, 3.63) is 69.7 Å². The van der Waals surface area contributed by atoms with Gasteiger partial charge in [0.1, 0.15) is 5.01 Å². The number of hydrogen-bond acceptors (Lipinski definition) is 6. The van der Waals surface area contributed by atoms with Crippen LogP contribution in [0.1, 0.15) is 21.8 Å². The van der Waals surface area contributed by atoms with Gasteiger partial charge in [0.15, 0.2) is 11.5 Å². The Kier molecular flexibility index (Phi) is 5.78. The number of amides is 1. The molecule has 2 heterocycles. The number of carbonyl (C=O) groups excluding carboxylic acids is 1. The molecule has 0 aliphatic carbocycles. The van der Waals surface area contributed by atoms with Crippen LogP contribution in [0.25, 0.3) is 0 Å². The number of thiazole rings is 1. The maximum Gasteiger partial charge on any atom is 0.231 e. The smallest absolute Gasteiger partial charge is 0.231 e. The second kappa shape index (κ2) is 8.63. The number of benzene rings is 2. The van der Waals surface area contributed by atoms with Crippen LogP contribution >= 0.6 is 11.3 Å². The summed E-state index contributed by atoms with van der Waals surface area (Å²) < 4.78 is 10.8. The minimum Gasteiger partial charge on any atom is -0.454 e. The molecule has 0 atom stereocenters. The number of aromatic nitrogens is 1. The molecule has 0 saturated heterocycles. The molecule has 3 aromatic rings. The van der Waals surface area contributed by atoms with Crippen LogP contribution in [0.3, 0.4) is 0 Å². The summed E-state index contributed by atoms with van der Waals surface area (Å²) >= 11 is 1.52. The Bertz CT molecular complexity index is 1000. The fraction of sp³-hybridized carbons (Fsp3) is 0.273. The van der Waals surface area contributed by atoms with Gasteiger partial charge in [-0.1, -0.05) is 23.8 Å². The summed E-state index contributed by atoms with van der Waals surface area (Å²) in [6.45, 7) is 3.79. The van der Waals surface area contributed by atoms with Crippen LogP contribution in [0.4, 0.5) is 5.69 Å². The van der Waals surface area contributed by atoms with Crippen molar-refractivity contribution in [1.82, 2.24) is 9.88 Å². The largest absolute Gasteiger partial charge is 0.454 e. The zero-order chi connectivity index (χ0) is 20.2. The van der Waals surface area contributed by atoms with Crippen molar-refractivity contribution in [2.75, 3.05) is 19.2 Å². The molecule has 1 amide bonds. The van der Waals surface area contributed by atoms with Gasteiger partial charge < -0.3 is 14.8 Å². The van der Waals surface area contributed by atoms with E-state index >= 15 is 0 Å². The van der Waals surface area contributed by atoms with Crippen molar-refractivity contribution in [1.29, 1.82) is 0 Å². The van der Waals surface area contributed by atoms with Gasteiger partial charge >= 0.3 is 0 Å². The highest BCUT2D eigenvalue weighted by molar-refractivity contribution is 7.09. The van der Waals surface area contributed by atoms with E-state index in [-0.39, 0.29) is 19.1 Å². The molecule has 1 N–H and O–H groups in total. The molecular weight excluding hydrogens is 386 g/mol. The lowest BCUT2D eigenvalue weighted by atomic mass is 10.2. The molecule has 1 aliphatic rings. The number of anilines is 1. The van der Waals surface area contributed by atoms with Crippen LogP contribution in [-0.4, -0.2) is 29.6 Å². The predicted molar refractivity (Wildman–Crippen MR) is 113 cm³/mol. The van der Waals surface area contributed by atoms with E-state index in [4.69, 9.17) is 9.47 Å². The van der Waals surface area contributed by atoms with E-state index in [0.717, 1.165) is 45.6 Å². The Morgan fingerprint density at radius 3 is 2.76 bits per heavy atom. The molecule has 6 nitrogen and oxygen atoms in total. The predicted octanol–water partition coefficient (Wildman–Crippen LogP) is 3.99. The second-order valence-electron chi connectivity index (χ2n) is 7.18. The van der Waals surface area contributed by atoms with Gasteiger partial charge in [-0.25, -0.2) is 4.98 Å². The third-order valence-corrected chi connectivity index (χ3v) is 5.47. The van der Waals surface area contributed by atoms with Gasteiger partial charge in [0.2, 0.25) is 12.7 Å². The molecule has 0 bridgehead atoms. The molecule has 0 unspecified atom stereocenters. The number of nitrogens with one attached hydrogen (secondary N) is 1. The molecule has 0 radical (unpaired) electrons. The van der Waals surface area contributed by atoms with Crippen molar-refractivity contribution < 1.29 is 14.3 Å². The summed E-state index contributed by atoms with van der Waals surface area (Å²) in [5.41, 5.74) is 4.10. The summed E-state index contributed by atoms with van der Waals surface area (Å²) in [7, 11) is 2.05. The third kappa shape index (κ3) is 5.13. The Balaban J connectivity index is 1.29. The Hall–Kier alpha value is -2.90. The van der Waals surface area contributed by atoms with Gasteiger partial charge in [-0.15, -0.1) is 11.3 Å². The van der Waals surface area contributed by atoms with Crippen LogP contribution in [-0.2, 0) is 24.3 Å². The topological polar surface area (TPSA) is 63.7 Å². The average Bonchev–Trinajstić information content (AvgIpc) is 3.32. The minimum atomic E-state index is -0.0523. The van der Waals surface area contributed by atoms with Crippen molar-refractivity contribution in [2.45, 2.75) is 26.4 Å². The summed E-state index contributed by atoms with van der Waals surface area (Å²) in [5, 5.41) is 5.75. The second-order valence-corrected chi connectivity index (χ2v) is 8.13. The molecule has 7 heteroatoms. The lowest BCUT2D eigenvalue weighted by molar-refractivity contribution is -0.115. The number of carbonyl (C=O) groups is 1. The first-order chi connectivity index (χ1) is 14.0. The number of aryl methyl sites for hydroxylation is 1. The number of rotatable bonds is 7. The average molecular weight is 410 g/mol. The quantitative estimate of drug-likeness (QED) is 0.639. The fourth-order valence-electron chi connectivity index (χ4n) is 3.17. The van der Waals surface area contributed by atoms with E-state index in [1.165, 1.54) is 11.3 Å². The summed E-state index contributed by atoms with van der Waals surface area (Å²) in [5.74, 6) is 1.54. The van der Waals surface area contributed by atoms with Crippen LogP contribution in [0.5, 0.6) is 11.5 Å². The minimum absolute atomic E-state index is 0.0523. The number of fused-ring (bicyclic) bond motifs is 1. The molecule has 0 saturated carbocycles. The lowest BCUT2D eigenvalue weighted by Gasteiger charge is -2.15. The Morgan fingerprint density at radius 1 is 1.14 bits per heavy atom. The zero-order valence-corrected chi connectivity index (χ0v) is 17.3. The van der Waals surface area contributed by atoms with E-state index in [0.29, 0.717) is 6.54 Å². The van der Waals surface area contributed by atoms with Gasteiger partial charge in [-0.05, 0) is 43.8 Å². The highest BCUT2D eigenvalue weighted by Gasteiger charge is 2.14. The zero-order valence-electron chi connectivity index (χ0n) is 16.5. The van der Waals surface area contributed by atoms with E-state index in [2.05, 4.69) is 15.2 Å². The van der Waals surface area contributed by atoms with Gasteiger partial charge in [0, 0.05) is 24.2 Å². The monoisotopic (exact) mass is 409 g/mol. The maximum absolute atomic E-state index is 12.3. The van der Waals surface area contributed by atoms with E-state index < -0.39 is 0 Å². The Morgan fingerprint density at radius 2 is 1.93 bits per heavy atom. The van der Waals surface area contributed by atoms with E-state index in [9.17, 15) is 4.79 Å². The number of ether oxygens (including phenoxy) is 2. The Labute approximate surface area is 174 Å². The molecule has 0 fully saturated rings. The highest BCUT2D eigenvalue weighted by atomic mass is 32.1. The molecule has 150 valence electrons. The van der Waals surface area contributed by atoms with Gasteiger partial charge in [-0.2, -0.15) is 0 Å². The SMILES string of the molecule is Cc1ccc(NC(=O)Cc2nc(CN(C)Cc3ccc4c(c3)OCO4)cs2)cc1. The van der Waals surface area contributed by atoms with E-state index in [1.54, 1.807) is 0 Å². The molecule has 1 aromatic heterocycles. The third-order valence-electron chi connectivity index (χ3n) is 4.57. The van der Waals surface area contributed by atoms with Gasteiger partial charge in [-0.3, -0.25) is 9.69 Å². The van der Waals surface area contributed by atoms with Crippen molar-refractivity contribution in [2.24, 2.45) is 0 Å².